The Balaban J connectivity index is 2.67. The number of hydrogen-bond donors (Lipinski definition) is 0. The lowest BCUT2D eigenvalue weighted by atomic mass is 10.3. The minimum absolute atomic E-state index is 0.0488. The molecule has 0 radical (unpaired) electrons. The summed E-state index contributed by atoms with van der Waals surface area (Å²) >= 11 is 3.24. The van der Waals surface area contributed by atoms with E-state index in [-0.39, 0.29) is 5.69 Å². The molecule has 2 aromatic heterocycles. The van der Waals surface area contributed by atoms with Gasteiger partial charge in [-0.25, -0.2) is 4.98 Å². The van der Waals surface area contributed by atoms with Crippen LogP contribution in [0.15, 0.2) is 29.0 Å². The highest BCUT2D eigenvalue weighted by atomic mass is 79.9. The molecule has 0 spiro atoms. The van der Waals surface area contributed by atoms with Crippen LogP contribution in [-0.4, -0.2) is 14.9 Å². The number of nitrogens with zero attached hydrogens (tertiary/aromatic N) is 3. The number of rotatable bonds is 1. The first kappa shape index (κ1) is 9.01. The van der Waals surface area contributed by atoms with Gasteiger partial charge in [-0.3, -0.25) is 15.1 Å². The van der Waals surface area contributed by atoms with Gasteiger partial charge < -0.3 is 0 Å². The SMILES string of the molecule is O=[N+]([O-])c1cnc2cc(Br)cnc2c1. The van der Waals surface area contributed by atoms with Crippen molar-refractivity contribution < 1.29 is 4.92 Å². The Hall–Kier alpha value is -1.56. The average Bonchev–Trinajstić information content (AvgIpc) is 2.16. The van der Waals surface area contributed by atoms with Gasteiger partial charge >= 0.3 is 0 Å². The Morgan fingerprint density at radius 1 is 1.21 bits per heavy atom. The second-order valence-corrected chi connectivity index (χ2v) is 3.56. The number of aromatic nitrogens is 2. The van der Waals surface area contributed by atoms with Crippen molar-refractivity contribution in [2.45, 2.75) is 0 Å². The van der Waals surface area contributed by atoms with Crippen molar-refractivity contribution in [1.82, 2.24) is 9.97 Å². The fourth-order valence-electron chi connectivity index (χ4n) is 1.07. The maximum absolute atomic E-state index is 10.4. The van der Waals surface area contributed by atoms with E-state index >= 15 is 0 Å². The molecule has 70 valence electrons. The lowest BCUT2D eigenvalue weighted by molar-refractivity contribution is -0.385. The third-order valence-corrected chi connectivity index (χ3v) is 2.13. The molecule has 0 saturated carbocycles. The molecule has 6 heteroatoms. The molecule has 2 aromatic rings. The average molecular weight is 254 g/mol. The van der Waals surface area contributed by atoms with Crippen LogP contribution in [-0.2, 0) is 0 Å². The topological polar surface area (TPSA) is 68.9 Å². The van der Waals surface area contributed by atoms with Gasteiger partial charge in [0.25, 0.3) is 5.69 Å². The van der Waals surface area contributed by atoms with E-state index in [1.54, 1.807) is 12.3 Å². The molecule has 0 aromatic carbocycles. The summed E-state index contributed by atoms with van der Waals surface area (Å²) in [4.78, 5) is 17.9. The quantitative estimate of drug-likeness (QED) is 0.578. The molecule has 0 aliphatic carbocycles. The van der Waals surface area contributed by atoms with Crippen molar-refractivity contribution in [3.63, 3.8) is 0 Å². The molecule has 0 N–H and O–H groups in total. The molecule has 0 bridgehead atoms. The zero-order valence-corrected chi connectivity index (χ0v) is 8.43. The monoisotopic (exact) mass is 253 g/mol. The van der Waals surface area contributed by atoms with Gasteiger partial charge in [0.15, 0.2) is 0 Å². The number of nitro groups is 1. The zero-order valence-electron chi connectivity index (χ0n) is 6.85. The van der Waals surface area contributed by atoms with Crippen LogP contribution in [0.3, 0.4) is 0 Å². The van der Waals surface area contributed by atoms with E-state index in [9.17, 15) is 10.1 Å². The molecule has 0 aliphatic rings. The van der Waals surface area contributed by atoms with Gasteiger partial charge in [-0.15, -0.1) is 0 Å². The molecule has 0 unspecified atom stereocenters. The summed E-state index contributed by atoms with van der Waals surface area (Å²) in [5, 5.41) is 10.4. The van der Waals surface area contributed by atoms with Crippen LogP contribution in [0.1, 0.15) is 0 Å². The highest BCUT2D eigenvalue weighted by Crippen LogP contribution is 2.19. The molecule has 2 rings (SSSR count). The fourth-order valence-corrected chi connectivity index (χ4v) is 1.39. The molecule has 14 heavy (non-hydrogen) atoms. The van der Waals surface area contributed by atoms with Crippen LogP contribution in [0.25, 0.3) is 11.0 Å². The van der Waals surface area contributed by atoms with E-state index < -0.39 is 4.92 Å². The molecule has 2 heterocycles. The van der Waals surface area contributed by atoms with Gasteiger partial charge in [-0.05, 0) is 22.0 Å². The van der Waals surface area contributed by atoms with Crippen LogP contribution in [0.4, 0.5) is 5.69 Å². The van der Waals surface area contributed by atoms with E-state index in [2.05, 4.69) is 25.9 Å². The van der Waals surface area contributed by atoms with E-state index in [0.29, 0.717) is 11.0 Å². The van der Waals surface area contributed by atoms with Crippen LogP contribution in [0, 0.1) is 10.1 Å². The first-order valence-corrected chi connectivity index (χ1v) is 4.52. The number of fused-ring (bicyclic) bond motifs is 1. The minimum Gasteiger partial charge on any atom is -0.258 e. The van der Waals surface area contributed by atoms with Crippen molar-refractivity contribution in [3.8, 4) is 0 Å². The van der Waals surface area contributed by atoms with E-state index in [1.165, 1.54) is 12.3 Å². The fraction of sp³-hybridized carbons (Fsp3) is 0. The van der Waals surface area contributed by atoms with Gasteiger partial charge in [0, 0.05) is 16.7 Å². The second-order valence-electron chi connectivity index (χ2n) is 2.64. The maximum Gasteiger partial charge on any atom is 0.289 e. The highest BCUT2D eigenvalue weighted by molar-refractivity contribution is 9.10. The molecular formula is C8H4BrN3O2. The van der Waals surface area contributed by atoms with E-state index in [4.69, 9.17) is 0 Å². The summed E-state index contributed by atoms with van der Waals surface area (Å²) in [5.41, 5.74) is 1.10. The highest BCUT2D eigenvalue weighted by Gasteiger charge is 2.07. The number of pyridine rings is 2. The predicted molar refractivity (Wildman–Crippen MR) is 53.9 cm³/mol. The largest absolute Gasteiger partial charge is 0.289 e. The lowest BCUT2D eigenvalue weighted by Crippen LogP contribution is -1.90. The number of hydrogen-bond acceptors (Lipinski definition) is 4. The maximum atomic E-state index is 10.4. The lowest BCUT2D eigenvalue weighted by Gasteiger charge is -1.96. The van der Waals surface area contributed by atoms with Crippen LogP contribution in [0.5, 0.6) is 0 Å². The Kier molecular flexibility index (Phi) is 2.12. The Bertz CT molecular complexity index is 515. The molecule has 0 saturated heterocycles. The normalized spacial score (nSPS) is 10.4. The predicted octanol–water partition coefficient (Wildman–Crippen LogP) is 2.30. The van der Waals surface area contributed by atoms with Gasteiger partial charge in [0.2, 0.25) is 0 Å². The molecule has 0 fully saturated rings. The van der Waals surface area contributed by atoms with Crippen molar-refractivity contribution in [3.05, 3.63) is 39.1 Å². The van der Waals surface area contributed by atoms with E-state index in [0.717, 1.165) is 4.47 Å². The van der Waals surface area contributed by atoms with Gasteiger partial charge in [0.1, 0.15) is 6.20 Å². The van der Waals surface area contributed by atoms with Crippen LogP contribution < -0.4 is 0 Å². The van der Waals surface area contributed by atoms with E-state index in [1.807, 2.05) is 0 Å². The molecule has 0 amide bonds. The summed E-state index contributed by atoms with van der Waals surface area (Å²) in [6.45, 7) is 0. The van der Waals surface area contributed by atoms with Crippen LogP contribution in [0.2, 0.25) is 0 Å². The Morgan fingerprint density at radius 2 is 1.86 bits per heavy atom. The van der Waals surface area contributed by atoms with Crippen molar-refractivity contribution >= 4 is 32.7 Å². The first-order chi connectivity index (χ1) is 6.66. The van der Waals surface area contributed by atoms with Gasteiger partial charge in [0.05, 0.1) is 16.0 Å². The molecule has 0 atom stereocenters. The standard InChI is InChI=1S/C8H4BrN3O2/c9-5-1-7-8(10-3-5)2-6(4-11-7)12(13)14/h1-4H. The van der Waals surface area contributed by atoms with Crippen molar-refractivity contribution in [1.29, 1.82) is 0 Å². The molecule has 0 aliphatic heterocycles. The third-order valence-electron chi connectivity index (χ3n) is 1.70. The Labute approximate surface area is 87.1 Å². The zero-order chi connectivity index (χ0) is 10.1. The summed E-state index contributed by atoms with van der Waals surface area (Å²) in [7, 11) is 0. The van der Waals surface area contributed by atoms with Crippen LogP contribution >= 0.6 is 15.9 Å². The molecule has 5 nitrogen and oxygen atoms in total. The van der Waals surface area contributed by atoms with Crippen molar-refractivity contribution in [2.75, 3.05) is 0 Å². The summed E-state index contributed by atoms with van der Waals surface area (Å²) in [6.07, 6.45) is 2.80. The van der Waals surface area contributed by atoms with Gasteiger partial charge in [-0.1, -0.05) is 0 Å². The molecular weight excluding hydrogens is 250 g/mol. The second kappa shape index (κ2) is 3.30. The smallest absolute Gasteiger partial charge is 0.258 e. The van der Waals surface area contributed by atoms with Crippen molar-refractivity contribution in [2.24, 2.45) is 0 Å². The minimum atomic E-state index is -0.490. The first-order valence-electron chi connectivity index (χ1n) is 3.72. The Morgan fingerprint density at radius 3 is 2.57 bits per heavy atom. The number of halogens is 1. The summed E-state index contributed by atoms with van der Waals surface area (Å²) in [5.74, 6) is 0. The summed E-state index contributed by atoms with van der Waals surface area (Å²) < 4.78 is 0.798. The third kappa shape index (κ3) is 1.56. The summed E-state index contributed by atoms with van der Waals surface area (Å²) in [6, 6.07) is 3.15. The van der Waals surface area contributed by atoms with Gasteiger partial charge in [-0.2, -0.15) is 0 Å².